The molecule has 0 fully saturated rings. The Kier molecular flexibility index (Phi) is 9.27. The van der Waals surface area contributed by atoms with E-state index in [0.29, 0.717) is 6.21 Å². The Bertz CT molecular complexity index is 1300. The molecule has 0 bridgehead atoms. The van der Waals surface area contributed by atoms with Gasteiger partial charge in [-0.15, -0.1) is 0 Å². The summed E-state index contributed by atoms with van der Waals surface area (Å²) in [5.74, 6) is -0.756. The number of esters is 1. The first-order chi connectivity index (χ1) is 16.6. The van der Waals surface area contributed by atoms with E-state index in [4.69, 9.17) is 49.1 Å². The highest BCUT2D eigenvalue weighted by molar-refractivity contribution is 7.87. The van der Waals surface area contributed by atoms with Gasteiger partial charge in [-0.2, -0.15) is 8.42 Å². The van der Waals surface area contributed by atoms with Gasteiger partial charge in [-0.3, -0.25) is 4.18 Å². The zero-order chi connectivity index (χ0) is 25.6. The third-order valence-corrected chi connectivity index (χ3v) is 7.35. The molecule has 0 saturated carbocycles. The maximum absolute atomic E-state index is 13.9. The summed E-state index contributed by atoms with van der Waals surface area (Å²) in [6.07, 6.45) is -3.33. The van der Waals surface area contributed by atoms with Gasteiger partial charge in [0.1, 0.15) is 23.8 Å². The lowest BCUT2D eigenvalue weighted by atomic mass is 10.0. The standard InChI is InChI=1S/C24H19Cl3FNO5S/c25-20-11-22(27)23(12-21(20)26)35(31,32)34-19(10-18(28)13-29)14-33-24(30)17-8-6-16(7-9-17)15-4-2-1-3-5-15/h1-9,11-13,18-19,29H,10,14H2/t18-,19-/m0/s1. The zero-order valence-corrected chi connectivity index (χ0v) is 21.0. The lowest BCUT2D eigenvalue weighted by Gasteiger charge is -2.19. The van der Waals surface area contributed by atoms with Crippen molar-refractivity contribution in [1.82, 2.24) is 0 Å². The van der Waals surface area contributed by atoms with Gasteiger partial charge in [-0.05, 0) is 35.4 Å². The van der Waals surface area contributed by atoms with Gasteiger partial charge < -0.3 is 10.1 Å². The fourth-order valence-electron chi connectivity index (χ4n) is 3.06. The molecule has 0 heterocycles. The molecule has 0 radical (unpaired) electrons. The number of rotatable bonds is 10. The lowest BCUT2D eigenvalue weighted by molar-refractivity contribution is 0.0283. The molecular formula is C24H19Cl3FNO5S. The highest BCUT2D eigenvalue weighted by atomic mass is 35.5. The molecule has 11 heteroatoms. The third-order valence-electron chi connectivity index (χ3n) is 4.80. The maximum Gasteiger partial charge on any atom is 0.338 e. The number of benzene rings is 3. The lowest BCUT2D eigenvalue weighted by Crippen LogP contribution is -2.29. The Hall–Kier alpha value is -2.49. The van der Waals surface area contributed by atoms with Crippen LogP contribution in [0.25, 0.3) is 11.1 Å². The van der Waals surface area contributed by atoms with E-state index in [0.717, 1.165) is 23.3 Å². The van der Waals surface area contributed by atoms with Crippen molar-refractivity contribution >= 4 is 57.1 Å². The monoisotopic (exact) mass is 557 g/mol. The molecule has 0 aromatic heterocycles. The average Bonchev–Trinajstić information content (AvgIpc) is 2.84. The van der Waals surface area contributed by atoms with Crippen molar-refractivity contribution in [3.05, 3.63) is 87.4 Å². The van der Waals surface area contributed by atoms with Gasteiger partial charge in [0, 0.05) is 12.6 Å². The Balaban J connectivity index is 1.73. The predicted octanol–water partition coefficient (Wildman–Crippen LogP) is 6.62. The molecule has 3 rings (SSSR count). The molecule has 3 aromatic carbocycles. The molecule has 0 saturated heterocycles. The van der Waals surface area contributed by atoms with Crippen LogP contribution < -0.4 is 0 Å². The van der Waals surface area contributed by atoms with Crippen LogP contribution in [-0.4, -0.2) is 39.5 Å². The number of nitrogens with one attached hydrogen (secondary N) is 1. The minimum atomic E-state index is -4.54. The summed E-state index contributed by atoms with van der Waals surface area (Å²) in [4.78, 5) is 12.0. The number of carbonyl (C=O) groups excluding carboxylic acids is 1. The molecule has 0 amide bonds. The van der Waals surface area contributed by atoms with Crippen LogP contribution in [-0.2, 0) is 19.0 Å². The molecule has 184 valence electrons. The molecule has 3 aromatic rings. The number of hydrogen-bond acceptors (Lipinski definition) is 6. The van der Waals surface area contributed by atoms with Crippen molar-refractivity contribution in [2.24, 2.45) is 0 Å². The van der Waals surface area contributed by atoms with Crippen LogP contribution in [0.2, 0.25) is 15.1 Å². The SMILES string of the molecule is N=C[C@@H](F)C[C@@H](COC(=O)c1ccc(-c2ccccc2)cc1)OS(=O)(=O)c1cc(Cl)c(Cl)cc1Cl. The number of carbonyl (C=O) groups is 1. The van der Waals surface area contributed by atoms with Crippen LogP contribution in [0.1, 0.15) is 16.8 Å². The van der Waals surface area contributed by atoms with E-state index in [-0.39, 0.29) is 20.6 Å². The molecule has 1 N–H and O–H groups in total. The minimum absolute atomic E-state index is 0.0343. The third kappa shape index (κ3) is 7.25. The van der Waals surface area contributed by atoms with Gasteiger partial charge in [-0.1, -0.05) is 77.3 Å². The molecule has 0 spiro atoms. The smallest absolute Gasteiger partial charge is 0.338 e. The Morgan fingerprint density at radius 2 is 1.54 bits per heavy atom. The predicted molar refractivity (Wildman–Crippen MR) is 134 cm³/mol. The summed E-state index contributed by atoms with van der Waals surface area (Å²) in [6.45, 7) is -0.592. The van der Waals surface area contributed by atoms with Crippen molar-refractivity contribution in [1.29, 1.82) is 5.41 Å². The van der Waals surface area contributed by atoms with Crippen LogP contribution >= 0.6 is 34.8 Å². The molecule has 0 aliphatic heterocycles. The van der Waals surface area contributed by atoms with Gasteiger partial charge in [-0.25, -0.2) is 9.18 Å². The van der Waals surface area contributed by atoms with Crippen molar-refractivity contribution in [3.63, 3.8) is 0 Å². The maximum atomic E-state index is 13.9. The second-order valence-electron chi connectivity index (χ2n) is 7.33. The number of alkyl halides is 1. The number of ether oxygens (including phenoxy) is 1. The first-order valence-electron chi connectivity index (χ1n) is 10.2. The van der Waals surface area contributed by atoms with Crippen LogP contribution in [0.5, 0.6) is 0 Å². The highest BCUT2D eigenvalue weighted by Crippen LogP contribution is 2.33. The molecule has 0 aliphatic rings. The van der Waals surface area contributed by atoms with Crippen molar-refractivity contribution in [3.8, 4) is 11.1 Å². The quantitative estimate of drug-likeness (QED) is 0.131. The van der Waals surface area contributed by atoms with Crippen molar-refractivity contribution in [2.75, 3.05) is 6.61 Å². The van der Waals surface area contributed by atoms with E-state index in [1.807, 2.05) is 30.3 Å². The summed E-state index contributed by atoms with van der Waals surface area (Å²) < 4.78 is 49.7. The number of hydrogen-bond donors (Lipinski definition) is 1. The second-order valence-corrected chi connectivity index (χ2v) is 10.1. The summed E-state index contributed by atoms with van der Waals surface area (Å²) in [5, 5.41) is 6.76. The van der Waals surface area contributed by atoms with Gasteiger partial charge in [0.2, 0.25) is 0 Å². The van der Waals surface area contributed by atoms with Gasteiger partial charge >= 0.3 is 5.97 Å². The Morgan fingerprint density at radius 3 is 2.17 bits per heavy atom. The first kappa shape index (κ1) is 27.1. The molecular weight excluding hydrogens is 540 g/mol. The molecule has 0 aliphatic carbocycles. The molecule has 2 atom stereocenters. The highest BCUT2D eigenvalue weighted by Gasteiger charge is 2.28. The zero-order valence-electron chi connectivity index (χ0n) is 18.0. The minimum Gasteiger partial charge on any atom is -0.459 e. The van der Waals surface area contributed by atoms with Gasteiger partial charge in [0.25, 0.3) is 10.1 Å². The van der Waals surface area contributed by atoms with Crippen molar-refractivity contribution < 1.29 is 26.5 Å². The topological polar surface area (TPSA) is 93.5 Å². The summed E-state index contributed by atoms with van der Waals surface area (Å²) in [7, 11) is -4.54. The van der Waals surface area contributed by atoms with E-state index in [1.54, 1.807) is 24.3 Å². The van der Waals surface area contributed by atoms with Crippen LogP contribution in [0.3, 0.4) is 0 Å². The molecule has 35 heavy (non-hydrogen) atoms. The largest absolute Gasteiger partial charge is 0.459 e. The van der Waals surface area contributed by atoms with Gasteiger partial charge in [0.05, 0.1) is 20.6 Å². The fraction of sp³-hybridized carbons (Fsp3) is 0.167. The fourth-order valence-corrected chi connectivity index (χ4v) is 5.11. The second kappa shape index (κ2) is 12.0. The van der Waals surface area contributed by atoms with Crippen LogP contribution in [0.4, 0.5) is 4.39 Å². The normalized spacial score (nSPS) is 13.1. The van der Waals surface area contributed by atoms with E-state index in [1.165, 1.54) is 0 Å². The Morgan fingerprint density at radius 1 is 0.943 bits per heavy atom. The van der Waals surface area contributed by atoms with Crippen LogP contribution in [0, 0.1) is 5.41 Å². The summed E-state index contributed by atoms with van der Waals surface area (Å²) in [5.41, 5.74) is 2.06. The van der Waals surface area contributed by atoms with E-state index >= 15 is 0 Å². The van der Waals surface area contributed by atoms with Gasteiger partial charge in [0.15, 0.2) is 0 Å². The van der Waals surface area contributed by atoms with Crippen molar-refractivity contribution in [2.45, 2.75) is 23.6 Å². The molecule has 6 nitrogen and oxygen atoms in total. The first-order valence-corrected chi connectivity index (χ1v) is 12.7. The average molecular weight is 559 g/mol. The summed E-state index contributed by atoms with van der Waals surface area (Å²) in [6, 6.07) is 18.3. The van der Waals surface area contributed by atoms with Crippen LogP contribution in [0.15, 0.2) is 71.6 Å². The van der Waals surface area contributed by atoms with E-state index < -0.39 is 46.3 Å². The summed E-state index contributed by atoms with van der Waals surface area (Å²) >= 11 is 17.7. The Labute approximate surface area is 217 Å². The van der Waals surface area contributed by atoms with E-state index in [9.17, 15) is 17.6 Å². The van der Waals surface area contributed by atoms with E-state index in [2.05, 4.69) is 0 Å². The number of halogens is 4. The molecule has 0 unspecified atom stereocenters.